The second-order valence-electron chi connectivity index (χ2n) is 2.88. The van der Waals surface area contributed by atoms with Gasteiger partial charge in [-0.15, -0.1) is 0 Å². The Morgan fingerprint density at radius 1 is 1.47 bits per heavy atom. The number of pyridine rings is 1. The molecule has 5 nitrogen and oxygen atoms in total. The fraction of sp³-hybridized carbons (Fsp3) is 0.222. The van der Waals surface area contributed by atoms with Crippen LogP contribution < -0.4 is 4.90 Å². The van der Waals surface area contributed by atoms with Gasteiger partial charge in [0.2, 0.25) is 5.91 Å². The van der Waals surface area contributed by atoms with Crippen LogP contribution in [-0.2, 0) is 4.79 Å². The summed E-state index contributed by atoms with van der Waals surface area (Å²) in [6.07, 6.45) is 0. The van der Waals surface area contributed by atoms with Crippen molar-refractivity contribution in [3.05, 3.63) is 22.3 Å². The molecule has 0 radical (unpaired) electrons. The largest absolute Gasteiger partial charge is 0.476 e. The first-order valence-corrected chi connectivity index (χ1v) is 4.87. The minimum absolute atomic E-state index is 0.111. The number of aromatic carboxylic acids is 1. The standard InChI is InChI=1S/C9H9BrN2O3/c1-5(13)12(2)7-4-3-6(10)8(11-7)9(14)15/h3-4H,1-2H3,(H,14,15). The van der Waals surface area contributed by atoms with Gasteiger partial charge < -0.3 is 10.0 Å². The highest BCUT2D eigenvalue weighted by Gasteiger charge is 2.14. The van der Waals surface area contributed by atoms with E-state index in [2.05, 4.69) is 20.9 Å². The Bertz CT molecular complexity index is 420. The molecule has 15 heavy (non-hydrogen) atoms. The van der Waals surface area contributed by atoms with Gasteiger partial charge in [-0.05, 0) is 28.1 Å². The van der Waals surface area contributed by atoms with Gasteiger partial charge in [0, 0.05) is 14.0 Å². The molecule has 1 rings (SSSR count). The summed E-state index contributed by atoms with van der Waals surface area (Å²) in [4.78, 5) is 26.9. The van der Waals surface area contributed by atoms with E-state index in [0.29, 0.717) is 10.3 Å². The van der Waals surface area contributed by atoms with E-state index in [4.69, 9.17) is 5.11 Å². The smallest absolute Gasteiger partial charge is 0.355 e. The van der Waals surface area contributed by atoms with E-state index in [-0.39, 0.29) is 11.6 Å². The molecule has 0 aromatic carbocycles. The van der Waals surface area contributed by atoms with Crippen LogP contribution in [0, 0.1) is 0 Å². The summed E-state index contributed by atoms with van der Waals surface area (Å²) in [7, 11) is 1.53. The molecule has 1 aromatic heterocycles. The molecule has 0 saturated heterocycles. The highest BCUT2D eigenvalue weighted by Crippen LogP contribution is 2.19. The molecular weight excluding hydrogens is 264 g/mol. The maximum Gasteiger partial charge on any atom is 0.355 e. The van der Waals surface area contributed by atoms with Crippen molar-refractivity contribution >= 4 is 33.6 Å². The van der Waals surface area contributed by atoms with Crippen molar-refractivity contribution in [3.8, 4) is 0 Å². The lowest BCUT2D eigenvalue weighted by Crippen LogP contribution is -2.24. The van der Waals surface area contributed by atoms with Crippen LogP contribution in [0.5, 0.6) is 0 Å². The van der Waals surface area contributed by atoms with Crippen molar-refractivity contribution in [2.45, 2.75) is 6.92 Å². The molecule has 1 heterocycles. The predicted octanol–water partition coefficient (Wildman–Crippen LogP) is 1.53. The van der Waals surface area contributed by atoms with Gasteiger partial charge in [-0.25, -0.2) is 9.78 Å². The highest BCUT2D eigenvalue weighted by atomic mass is 79.9. The third kappa shape index (κ3) is 2.53. The minimum Gasteiger partial charge on any atom is -0.476 e. The summed E-state index contributed by atoms with van der Waals surface area (Å²) < 4.78 is 0.385. The summed E-state index contributed by atoms with van der Waals surface area (Å²) in [5.41, 5.74) is -0.111. The fourth-order valence-electron chi connectivity index (χ4n) is 0.930. The molecule has 0 spiro atoms. The number of amides is 1. The van der Waals surface area contributed by atoms with Crippen molar-refractivity contribution in [1.82, 2.24) is 4.98 Å². The second-order valence-corrected chi connectivity index (χ2v) is 3.74. The molecule has 0 bridgehead atoms. The average molecular weight is 273 g/mol. The van der Waals surface area contributed by atoms with Crippen LogP contribution in [0.3, 0.4) is 0 Å². The average Bonchev–Trinajstić information content (AvgIpc) is 2.16. The summed E-state index contributed by atoms with van der Waals surface area (Å²) in [6.45, 7) is 1.38. The Morgan fingerprint density at radius 3 is 2.53 bits per heavy atom. The van der Waals surface area contributed by atoms with Crippen molar-refractivity contribution in [2.24, 2.45) is 0 Å². The Hall–Kier alpha value is -1.43. The first-order chi connectivity index (χ1) is 6.93. The normalized spacial score (nSPS) is 9.80. The number of nitrogens with zero attached hydrogens (tertiary/aromatic N) is 2. The van der Waals surface area contributed by atoms with Crippen molar-refractivity contribution in [1.29, 1.82) is 0 Å². The van der Waals surface area contributed by atoms with Crippen LogP contribution >= 0.6 is 15.9 Å². The summed E-state index contributed by atoms with van der Waals surface area (Å²) in [5, 5.41) is 8.81. The zero-order valence-corrected chi connectivity index (χ0v) is 9.78. The zero-order valence-electron chi connectivity index (χ0n) is 8.19. The number of halogens is 1. The topological polar surface area (TPSA) is 70.5 Å². The molecule has 80 valence electrons. The molecule has 0 fully saturated rings. The zero-order chi connectivity index (χ0) is 11.6. The maximum atomic E-state index is 11.0. The van der Waals surface area contributed by atoms with Crippen LogP contribution in [0.15, 0.2) is 16.6 Å². The molecule has 0 aliphatic heterocycles. The highest BCUT2D eigenvalue weighted by molar-refractivity contribution is 9.10. The maximum absolute atomic E-state index is 11.0. The van der Waals surface area contributed by atoms with E-state index in [1.807, 2.05) is 0 Å². The minimum atomic E-state index is -1.14. The van der Waals surface area contributed by atoms with Crippen LogP contribution in [-0.4, -0.2) is 29.0 Å². The second kappa shape index (κ2) is 4.39. The van der Waals surface area contributed by atoms with Crippen LogP contribution in [0.4, 0.5) is 5.82 Å². The number of anilines is 1. The lowest BCUT2D eigenvalue weighted by Gasteiger charge is -2.14. The molecule has 1 N–H and O–H groups in total. The van der Waals surface area contributed by atoms with E-state index < -0.39 is 5.97 Å². The van der Waals surface area contributed by atoms with Crippen LogP contribution in [0.2, 0.25) is 0 Å². The number of carboxylic acids is 1. The molecule has 1 aromatic rings. The van der Waals surface area contributed by atoms with E-state index >= 15 is 0 Å². The van der Waals surface area contributed by atoms with Gasteiger partial charge >= 0.3 is 5.97 Å². The number of hydrogen-bond acceptors (Lipinski definition) is 3. The molecule has 1 amide bonds. The van der Waals surface area contributed by atoms with Gasteiger partial charge in [0.05, 0.1) is 4.47 Å². The lowest BCUT2D eigenvalue weighted by molar-refractivity contribution is -0.116. The predicted molar refractivity (Wildman–Crippen MR) is 58.0 cm³/mol. The third-order valence-electron chi connectivity index (χ3n) is 1.85. The number of hydrogen-bond donors (Lipinski definition) is 1. The molecular formula is C9H9BrN2O3. The molecule has 6 heteroatoms. The first kappa shape index (κ1) is 11.6. The molecule has 0 aliphatic carbocycles. The van der Waals surface area contributed by atoms with E-state index in [1.54, 1.807) is 12.1 Å². The van der Waals surface area contributed by atoms with Crippen molar-refractivity contribution in [2.75, 3.05) is 11.9 Å². The monoisotopic (exact) mass is 272 g/mol. The number of carbonyl (C=O) groups excluding carboxylic acids is 1. The lowest BCUT2D eigenvalue weighted by atomic mass is 10.3. The van der Waals surface area contributed by atoms with Gasteiger partial charge in [0.15, 0.2) is 5.69 Å². The Balaban J connectivity index is 3.18. The number of carbonyl (C=O) groups is 2. The summed E-state index contributed by atoms with van der Waals surface area (Å²) >= 11 is 3.07. The quantitative estimate of drug-likeness (QED) is 0.886. The SMILES string of the molecule is CC(=O)N(C)c1ccc(Br)c(C(=O)O)n1. The fourth-order valence-corrected chi connectivity index (χ4v) is 1.32. The molecule has 0 unspecified atom stereocenters. The van der Waals surface area contributed by atoms with Gasteiger partial charge in [0.1, 0.15) is 5.82 Å². The third-order valence-corrected chi connectivity index (χ3v) is 2.49. The Labute approximate surface area is 94.9 Å². The van der Waals surface area contributed by atoms with E-state index in [9.17, 15) is 9.59 Å². The van der Waals surface area contributed by atoms with Gasteiger partial charge in [0.25, 0.3) is 0 Å². The van der Waals surface area contributed by atoms with Crippen LogP contribution in [0.25, 0.3) is 0 Å². The molecule has 0 aliphatic rings. The van der Waals surface area contributed by atoms with Gasteiger partial charge in [-0.2, -0.15) is 0 Å². The van der Waals surface area contributed by atoms with Gasteiger partial charge in [-0.3, -0.25) is 4.79 Å². The van der Waals surface area contributed by atoms with Gasteiger partial charge in [-0.1, -0.05) is 0 Å². The summed E-state index contributed by atoms with van der Waals surface area (Å²) in [5.74, 6) is -1.04. The van der Waals surface area contributed by atoms with E-state index in [0.717, 1.165) is 0 Å². The molecule has 0 atom stereocenters. The van der Waals surface area contributed by atoms with Crippen LogP contribution in [0.1, 0.15) is 17.4 Å². The van der Waals surface area contributed by atoms with E-state index in [1.165, 1.54) is 18.9 Å². The Kier molecular flexibility index (Phi) is 3.41. The number of rotatable bonds is 2. The van der Waals surface area contributed by atoms with Crippen molar-refractivity contribution in [3.63, 3.8) is 0 Å². The van der Waals surface area contributed by atoms with Crippen molar-refractivity contribution < 1.29 is 14.7 Å². The number of aromatic nitrogens is 1. The molecule has 0 saturated carbocycles. The number of carboxylic acid groups (broad SMARTS) is 1. The summed E-state index contributed by atoms with van der Waals surface area (Å²) in [6, 6.07) is 3.11. The first-order valence-electron chi connectivity index (χ1n) is 4.07. The Morgan fingerprint density at radius 2 is 2.07 bits per heavy atom.